The summed E-state index contributed by atoms with van der Waals surface area (Å²) in [5.74, 6) is 2.93. The molecule has 3 saturated carbocycles. The number of ketones is 1. The SMILES string of the molecule is CC1CC(O)C23CC4CN(C)CCC4C2C(=O)CC3C1. The first-order valence-corrected chi connectivity index (χ1v) is 8.41. The number of carbonyl (C=O) groups excluding carboxylic acids is 1. The van der Waals surface area contributed by atoms with E-state index in [1.54, 1.807) is 0 Å². The Morgan fingerprint density at radius 3 is 2.95 bits per heavy atom. The number of nitrogens with zero attached hydrogens (tertiary/aromatic N) is 1. The Morgan fingerprint density at radius 1 is 1.35 bits per heavy atom. The molecule has 4 rings (SSSR count). The smallest absolute Gasteiger partial charge is 0.137 e. The number of Topliss-reactive ketones (excluding diaryl/α,β-unsaturated/α-hetero) is 1. The molecule has 0 aromatic heterocycles. The number of hydrogen-bond donors (Lipinski definition) is 1. The van der Waals surface area contributed by atoms with E-state index in [9.17, 15) is 9.90 Å². The van der Waals surface area contributed by atoms with Gasteiger partial charge in [-0.3, -0.25) is 4.79 Å². The molecule has 3 heteroatoms. The maximum absolute atomic E-state index is 12.7. The summed E-state index contributed by atoms with van der Waals surface area (Å²) in [6.07, 6.45) is 4.86. The zero-order chi connectivity index (χ0) is 14.1. The number of aliphatic hydroxyl groups is 1. The number of carbonyl (C=O) groups is 1. The van der Waals surface area contributed by atoms with Crippen molar-refractivity contribution in [3.05, 3.63) is 0 Å². The molecule has 0 aromatic rings. The molecule has 4 fully saturated rings. The van der Waals surface area contributed by atoms with Crippen LogP contribution in [0.25, 0.3) is 0 Å². The van der Waals surface area contributed by atoms with Crippen LogP contribution in [0.4, 0.5) is 0 Å². The van der Waals surface area contributed by atoms with Gasteiger partial charge in [-0.25, -0.2) is 0 Å². The highest BCUT2D eigenvalue weighted by atomic mass is 16.3. The van der Waals surface area contributed by atoms with E-state index < -0.39 is 0 Å². The van der Waals surface area contributed by atoms with Crippen molar-refractivity contribution in [2.75, 3.05) is 20.1 Å². The van der Waals surface area contributed by atoms with Gasteiger partial charge in [-0.2, -0.15) is 0 Å². The molecule has 4 aliphatic rings. The lowest BCUT2D eigenvalue weighted by molar-refractivity contribution is -0.126. The maximum atomic E-state index is 12.7. The highest BCUT2D eigenvalue weighted by Gasteiger charge is 2.67. The van der Waals surface area contributed by atoms with E-state index in [1.165, 1.54) is 0 Å². The summed E-state index contributed by atoms with van der Waals surface area (Å²) < 4.78 is 0. The molecule has 1 spiro atoms. The second kappa shape index (κ2) is 4.30. The van der Waals surface area contributed by atoms with E-state index in [1.807, 2.05) is 0 Å². The summed E-state index contributed by atoms with van der Waals surface area (Å²) in [7, 11) is 2.20. The Morgan fingerprint density at radius 2 is 2.15 bits per heavy atom. The van der Waals surface area contributed by atoms with Gasteiger partial charge >= 0.3 is 0 Å². The van der Waals surface area contributed by atoms with Crippen molar-refractivity contribution in [3.63, 3.8) is 0 Å². The summed E-state index contributed by atoms with van der Waals surface area (Å²) in [5.41, 5.74) is -0.0376. The second-order valence-corrected chi connectivity index (χ2v) is 8.23. The van der Waals surface area contributed by atoms with Gasteiger partial charge in [-0.15, -0.1) is 0 Å². The quantitative estimate of drug-likeness (QED) is 0.735. The Balaban J connectivity index is 1.72. The zero-order valence-electron chi connectivity index (χ0n) is 12.7. The van der Waals surface area contributed by atoms with Crippen LogP contribution in [0.2, 0.25) is 0 Å². The molecule has 7 atom stereocenters. The van der Waals surface area contributed by atoms with Crippen LogP contribution in [0.5, 0.6) is 0 Å². The van der Waals surface area contributed by atoms with Gasteiger partial charge in [0, 0.05) is 24.3 Å². The fraction of sp³-hybridized carbons (Fsp3) is 0.941. The van der Waals surface area contributed by atoms with Gasteiger partial charge in [-0.1, -0.05) is 6.92 Å². The first-order chi connectivity index (χ1) is 9.52. The maximum Gasteiger partial charge on any atom is 0.137 e. The molecule has 3 nitrogen and oxygen atoms in total. The predicted molar refractivity (Wildman–Crippen MR) is 77.2 cm³/mol. The fourth-order valence-corrected chi connectivity index (χ4v) is 6.49. The van der Waals surface area contributed by atoms with E-state index in [-0.39, 0.29) is 17.4 Å². The molecular weight excluding hydrogens is 250 g/mol. The predicted octanol–water partition coefficient (Wildman–Crippen LogP) is 1.94. The minimum atomic E-state index is -0.233. The Bertz CT molecular complexity index is 437. The first-order valence-electron chi connectivity index (χ1n) is 8.41. The number of fused-ring (bicyclic) bond motifs is 2. The molecule has 112 valence electrons. The highest BCUT2D eigenvalue weighted by Crippen LogP contribution is 2.67. The molecule has 1 aliphatic heterocycles. The molecule has 0 radical (unpaired) electrons. The topological polar surface area (TPSA) is 40.5 Å². The molecule has 1 heterocycles. The van der Waals surface area contributed by atoms with E-state index in [2.05, 4.69) is 18.9 Å². The molecule has 0 amide bonds. The third-order valence-corrected chi connectivity index (χ3v) is 7.11. The van der Waals surface area contributed by atoms with Crippen LogP contribution >= 0.6 is 0 Å². The Kier molecular flexibility index (Phi) is 2.85. The van der Waals surface area contributed by atoms with Crippen molar-refractivity contribution in [2.24, 2.45) is 35.0 Å². The molecule has 3 aliphatic carbocycles. The Hall–Kier alpha value is -0.410. The molecule has 0 aromatic carbocycles. The Labute approximate surface area is 121 Å². The van der Waals surface area contributed by atoms with Gasteiger partial charge in [0.15, 0.2) is 0 Å². The van der Waals surface area contributed by atoms with Crippen LogP contribution in [0.1, 0.15) is 39.0 Å². The van der Waals surface area contributed by atoms with Gasteiger partial charge in [0.2, 0.25) is 0 Å². The van der Waals surface area contributed by atoms with E-state index in [0.717, 1.165) is 45.2 Å². The van der Waals surface area contributed by atoms with E-state index >= 15 is 0 Å². The van der Waals surface area contributed by atoms with Crippen LogP contribution in [-0.2, 0) is 4.79 Å². The number of rotatable bonds is 0. The lowest BCUT2D eigenvalue weighted by Gasteiger charge is -2.46. The summed E-state index contributed by atoms with van der Waals surface area (Å²) in [4.78, 5) is 15.1. The number of aliphatic hydroxyl groups excluding tert-OH is 1. The van der Waals surface area contributed by atoms with Crippen LogP contribution in [0, 0.1) is 35.0 Å². The van der Waals surface area contributed by atoms with Crippen LogP contribution in [0.15, 0.2) is 0 Å². The molecule has 0 bridgehead atoms. The van der Waals surface area contributed by atoms with Crippen molar-refractivity contribution in [3.8, 4) is 0 Å². The van der Waals surface area contributed by atoms with Crippen molar-refractivity contribution in [2.45, 2.75) is 45.1 Å². The first kappa shape index (κ1) is 13.3. The third-order valence-electron chi connectivity index (χ3n) is 7.11. The van der Waals surface area contributed by atoms with Crippen molar-refractivity contribution >= 4 is 5.78 Å². The van der Waals surface area contributed by atoms with Gasteiger partial charge in [0.25, 0.3) is 0 Å². The van der Waals surface area contributed by atoms with E-state index in [0.29, 0.717) is 29.5 Å². The average molecular weight is 277 g/mol. The zero-order valence-corrected chi connectivity index (χ0v) is 12.7. The number of piperidine rings is 1. The largest absolute Gasteiger partial charge is 0.393 e. The van der Waals surface area contributed by atoms with Gasteiger partial charge < -0.3 is 10.0 Å². The molecular formula is C17H27NO2. The summed E-state index contributed by atoms with van der Waals surface area (Å²) in [5, 5.41) is 10.9. The summed E-state index contributed by atoms with van der Waals surface area (Å²) in [6.45, 7) is 4.49. The third kappa shape index (κ3) is 1.57. The molecule has 20 heavy (non-hydrogen) atoms. The number of likely N-dealkylation sites (tertiary alicyclic amines) is 1. The average Bonchev–Trinajstić information content (AvgIpc) is 2.83. The molecule has 7 unspecified atom stereocenters. The monoisotopic (exact) mass is 277 g/mol. The van der Waals surface area contributed by atoms with Crippen molar-refractivity contribution < 1.29 is 9.90 Å². The molecule has 1 N–H and O–H groups in total. The molecule has 1 saturated heterocycles. The van der Waals surface area contributed by atoms with Crippen molar-refractivity contribution in [1.82, 2.24) is 4.90 Å². The van der Waals surface area contributed by atoms with Gasteiger partial charge in [0.1, 0.15) is 5.78 Å². The lowest BCUT2D eigenvalue weighted by Crippen LogP contribution is -2.47. The van der Waals surface area contributed by atoms with Crippen molar-refractivity contribution in [1.29, 1.82) is 0 Å². The van der Waals surface area contributed by atoms with E-state index in [4.69, 9.17) is 0 Å². The minimum Gasteiger partial charge on any atom is -0.393 e. The summed E-state index contributed by atoms with van der Waals surface area (Å²) in [6, 6.07) is 0. The summed E-state index contributed by atoms with van der Waals surface area (Å²) >= 11 is 0. The van der Waals surface area contributed by atoms with Crippen LogP contribution in [0.3, 0.4) is 0 Å². The fourth-order valence-electron chi connectivity index (χ4n) is 6.49. The normalized spacial score (nSPS) is 55.5. The second-order valence-electron chi connectivity index (χ2n) is 8.23. The van der Waals surface area contributed by atoms with Gasteiger partial charge in [0.05, 0.1) is 6.10 Å². The van der Waals surface area contributed by atoms with Gasteiger partial charge in [-0.05, 0) is 62.9 Å². The van der Waals surface area contributed by atoms with Crippen LogP contribution in [-0.4, -0.2) is 42.0 Å². The number of hydrogen-bond acceptors (Lipinski definition) is 3. The van der Waals surface area contributed by atoms with Crippen LogP contribution < -0.4 is 0 Å². The lowest BCUT2D eigenvalue weighted by atomic mass is 9.60. The minimum absolute atomic E-state index is 0.0376. The highest BCUT2D eigenvalue weighted by molar-refractivity contribution is 5.86. The standard InChI is InChI=1S/C17H27NO2/c1-10-5-12-7-14(19)16-13-3-4-18(2)9-11(13)8-17(12,16)15(20)6-10/h10-13,15-16,20H,3-9H2,1-2H3.